The zero-order valence-corrected chi connectivity index (χ0v) is 12.9. The lowest BCUT2D eigenvalue weighted by Crippen LogP contribution is -2.10. The Labute approximate surface area is 139 Å². The second-order valence-corrected chi connectivity index (χ2v) is 4.81. The van der Waals surface area contributed by atoms with Crippen LogP contribution in [-0.2, 0) is 0 Å². The van der Waals surface area contributed by atoms with Gasteiger partial charge in [0.25, 0.3) is 5.69 Å². The van der Waals surface area contributed by atoms with E-state index in [-0.39, 0.29) is 22.1 Å². The van der Waals surface area contributed by atoms with Crippen molar-refractivity contribution in [2.45, 2.75) is 0 Å². The third-order valence-corrected chi connectivity index (χ3v) is 3.26. The van der Waals surface area contributed by atoms with E-state index in [1.165, 1.54) is 31.4 Å². The lowest BCUT2D eigenvalue weighted by Gasteiger charge is -2.07. The Morgan fingerprint density at radius 2 is 1.71 bits per heavy atom. The predicted octanol–water partition coefficient (Wildman–Crippen LogP) is 3.38. The van der Waals surface area contributed by atoms with Crippen LogP contribution in [0, 0.1) is 20.2 Å². The SMILES string of the molecule is COc1ccc(OC(=O)c2ccc(Cl)c([N+](=O)[O-])c2)c([N+](=O)[O-])c1. The molecule has 0 saturated heterocycles. The molecule has 0 radical (unpaired) electrons. The summed E-state index contributed by atoms with van der Waals surface area (Å²) >= 11 is 5.66. The molecule has 124 valence electrons. The largest absolute Gasteiger partial charge is 0.496 e. The first-order valence-electron chi connectivity index (χ1n) is 6.32. The highest BCUT2D eigenvalue weighted by Gasteiger charge is 2.22. The minimum atomic E-state index is -0.997. The van der Waals surface area contributed by atoms with E-state index < -0.39 is 27.2 Å². The van der Waals surface area contributed by atoms with Crippen molar-refractivity contribution < 1.29 is 24.1 Å². The minimum Gasteiger partial charge on any atom is -0.496 e. The number of hydrogen-bond donors (Lipinski definition) is 0. The number of esters is 1. The molecular weight excluding hydrogens is 344 g/mol. The Hall–Kier alpha value is -3.20. The van der Waals surface area contributed by atoms with Crippen LogP contribution in [0.1, 0.15) is 10.4 Å². The smallest absolute Gasteiger partial charge is 0.344 e. The molecule has 24 heavy (non-hydrogen) atoms. The van der Waals surface area contributed by atoms with E-state index in [0.717, 1.165) is 12.1 Å². The summed E-state index contributed by atoms with van der Waals surface area (Å²) in [5.41, 5.74) is -1.13. The van der Waals surface area contributed by atoms with E-state index in [0.29, 0.717) is 0 Å². The molecule has 0 N–H and O–H groups in total. The highest BCUT2D eigenvalue weighted by atomic mass is 35.5. The number of nitro benzene ring substituents is 2. The highest BCUT2D eigenvalue weighted by molar-refractivity contribution is 6.32. The molecule has 0 saturated carbocycles. The average Bonchev–Trinajstić information content (AvgIpc) is 2.55. The standard InChI is InChI=1S/C14H9ClN2O7/c1-23-9-3-5-13(12(7-9)17(21)22)24-14(18)8-2-4-10(15)11(6-8)16(19)20/h2-7H,1H3. The fourth-order valence-electron chi connectivity index (χ4n) is 1.79. The van der Waals surface area contributed by atoms with Crippen LogP contribution in [0.25, 0.3) is 0 Å². The van der Waals surface area contributed by atoms with Gasteiger partial charge >= 0.3 is 11.7 Å². The highest BCUT2D eigenvalue weighted by Crippen LogP contribution is 2.32. The molecule has 0 aliphatic carbocycles. The van der Waals surface area contributed by atoms with Gasteiger partial charge in [-0.2, -0.15) is 0 Å². The number of nitrogens with zero attached hydrogens (tertiary/aromatic N) is 2. The van der Waals surface area contributed by atoms with E-state index in [1.807, 2.05) is 0 Å². The lowest BCUT2D eigenvalue weighted by atomic mass is 10.2. The zero-order valence-electron chi connectivity index (χ0n) is 12.1. The fraction of sp³-hybridized carbons (Fsp3) is 0.0714. The van der Waals surface area contributed by atoms with Crippen LogP contribution < -0.4 is 9.47 Å². The summed E-state index contributed by atoms with van der Waals surface area (Å²) in [6.07, 6.45) is 0. The number of hydrogen-bond acceptors (Lipinski definition) is 7. The summed E-state index contributed by atoms with van der Waals surface area (Å²) in [4.78, 5) is 32.5. The Morgan fingerprint density at radius 3 is 2.29 bits per heavy atom. The van der Waals surface area contributed by atoms with Crippen LogP contribution in [0.15, 0.2) is 36.4 Å². The van der Waals surface area contributed by atoms with E-state index in [4.69, 9.17) is 21.1 Å². The minimum absolute atomic E-state index is 0.146. The molecule has 0 aliphatic rings. The van der Waals surface area contributed by atoms with Gasteiger partial charge in [-0.1, -0.05) is 11.6 Å². The maximum absolute atomic E-state index is 12.1. The van der Waals surface area contributed by atoms with Gasteiger partial charge in [-0.3, -0.25) is 20.2 Å². The first-order chi connectivity index (χ1) is 11.3. The molecule has 10 heteroatoms. The maximum atomic E-state index is 12.1. The number of methoxy groups -OCH3 is 1. The molecular formula is C14H9ClN2O7. The van der Waals surface area contributed by atoms with Gasteiger partial charge in [0.05, 0.1) is 28.6 Å². The van der Waals surface area contributed by atoms with E-state index in [9.17, 15) is 25.0 Å². The molecule has 0 unspecified atom stereocenters. The Balaban J connectivity index is 2.35. The quantitative estimate of drug-likeness (QED) is 0.350. The summed E-state index contributed by atoms with van der Waals surface area (Å²) < 4.78 is 9.84. The van der Waals surface area contributed by atoms with Crippen molar-refractivity contribution in [1.29, 1.82) is 0 Å². The van der Waals surface area contributed by atoms with Crippen molar-refractivity contribution in [3.8, 4) is 11.5 Å². The molecule has 2 rings (SSSR count). The van der Waals surface area contributed by atoms with Crippen molar-refractivity contribution in [3.05, 3.63) is 67.2 Å². The first kappa shape index (κ1) is 17.2. The van der Waals surface area contributed by atoms with Crippen LogP contribution in [0.2, 0.25) is 5.02 Å². The van der Waals surface area contributed by atoms with Crippen LogP contribution in [0.5, 0.6) is 11.5 Å². The van der Waals surface area contributed by atoms with Gasteiger partial charge in [-0.25, -0.2) is 4.79 Å². The van der Waals surface area contributed by atoms with Crippen molar-refractivity contribution in [2.24, 2.45) is 0 Å². The van der Waals surface area contributed by atoms with Crippen LogP contribution in [0.3, 0.4) is 0 Å². The zero-order chi connectivity index (χ0) is 17.9. The molecule has 0 amide bonds. The van der Waals surface area contributed by atoms with Gasteiger partial charge in [0.1, 0.15) is 10.8 Å². The number of carbonyl (C=O) groups is 1. The van der Waals surface area contributed by atoms with E-state index >= 15 is 0 Å². The Kier molecular flexibility index (Phi) is 4.95. The second kappa shape index (κ2) is 6.92. The molecule has 0 aromatic heterocycles. The summed E-state index contributed by atoms with van der Waals surface area (Å²) in [7, 11) is 1.33. The summed E-state index contributed by atoms with van der Waals surface area (Å²) in [6.45, 7) is 0. The summed E-state index contributed by atoms with van der Waals surface area (Å²) in [5.74, 6) is -1.10. The fourth-order valence-corrected chi connectivity index (χ4v) is 1.98. The lowest BCUT2D eigenvalue weighted by molar-refractivity contribution is -0.385. The van der Waals surface area contributed by atoms with Crippen molar-refractivity contribution in [3.63, 3.8) is 0 Å². The van der Waals surface area contributed by atoms with Gasteiger partial charge in [-0.15, -0.1) is 0 Å². The van der Waals surface area contributed by atoms with Crippen molar-refractivity contribution in [2.75, 3.05) is 7.11 Å². The van der Waals surface area contributed by atoms with E-state index in [1.54, 1.807) is 0 Å². The van der Waals surface area contributed by atoms with Crippen molar-refractivity contribution >= 4 is 28.9 Å². The Bertz CT molecular complexity index is 838. The summed E-state index contributed by atoms with van der Waals surface area (Å²) in [6, 6.07) is 6.97. The summed E-state index contributed by atoms with van der Waals surface area (Å²) in [5, 5.41) is 21.7. The number of ether oxygens (including phenoxy) is 2. The third kappa shape index (κ3) is 3.58. The molecule has 0 spiro atoms. The van der Waals surface area contributed by atoms with E-state index in [2.05, 4.69) is 0 Å². The van der Waals surface area contributed by atoms with Gasteiger partial charge < -0.3 is 9.47 Å². The number of carbonyl (C=O) groups excluding carboxylic acids is 1. The average molecular weight is 353 g/mol. The molecule has 0 bridgehead atoms. The van der Waals surface area contributed by atoms with Crippen molar-refractivity contribution in [1.82, 2.24) is 0 Å². The van der Waals surface area contributed by atoms with Crippen LogP contribution in [-0.4, -0.2) is 22.9 Å². The molecule has 0 aliphatic heterocycles. The second-order valence-electron chi connectivity index (χ2n) is 4.40. The monoisotopic (exact) mass is 352 g/mol. The normalized spacial score (nSPS) is 10.1. The van der Waals surface area contributed by atoms with Crippen LogP contribution in [0.4, 0.5) is 11.4 Å². The molecule has 0 heterocycles. The topological polar surface area (TPSA) is 122 Å². The number of benzene rings is 2. The molecule has 2 aromatic carbocycles. The molecule has 2 aromatic rings. The van der Waals surface area contributed by atoms with Crippen LogP contribution >= 0.6 is 11.6 Å². The van der Waals surface area contributed by atoms with Gasteiger partial charge in [-0.05, 0) is 24.3 Å². The third-order valence-electron chi connectivity index (χ3n) is 2.94. The maximum Gasteiger partial charge on any atom is 0.344 e. The predicted molar refractivity (Wildman–Crippen MR) is 82.7 cm³/mol. The molecule has 0 atom stereocenters. The Morgan fingerprint density at radius 1 is 1.04 bits per heavy atom. The molecule has 9 nitrogen and oxygen atoms in total. The number of rotatable bonds is 5. The first-order valence-corrected chi connectivity index (χ1v) is 6.70. The molecule has 0 fully saturated rings. The number of halogens is 1. The van der Waals surface area contributed by atoms with Gasteiger partial charge in [0, 0.05) is 6.07 Å². The van der Waals surface area contributed by atoms with Gasteiger partial charge in [0.15, 0.2) is 0 Å². The number of nitro groups is 2. The van der Waals surface area contributed by atoms with Gasteiger partial charge in [0.2, 0.25) is 5.75 Å².